The Hall–Kier alpha value is -5.16. The molecule has 51 heavy (non-hydrogen) atoms. The predicted molar refractivity (Wildman–Crippen MR) is 213 cm³/mol. The Labute approximate surface area is 302 Å². The van der Waals surface area contributed by atoms with Crippen LogP contribution < -0.4 is 4.74 Å². The van der Waals surface area contributed by atoms with E-state index in [0.717, 1.165) is 57.4 Å². The molecule has 3 heterocycles. The zero-order chi connectivity index (χ0) is 36.0. The summed E-state index contributed by atoms with van der Waals surface area (Å²) in [7, 11) is 0. The lowest BCUT2D eigenvalue weighted by atomic mass is 9.72. The molecule has 0 aliphatic heterocycles. The van der Waals surface area contributed by atoms with E-state index in [1.807, 2.05) is 29.1 Å². The third-order valence-electron chi connectivity index (χ3n) is 10.7. The van der Waals surface area contributed by atoms with Crippen LogP contribution in [0.2, 0.25) is 0 Å². The van der Waals surface area contributed by atoms with Crippen LogP contribution in [0.25, 0.3) is 44.4 Å². The maximum atomic E-state index is 6.63. The summed E-state index contributed by atoms with van der Waals surface area (Å²) in [5, 5.41) is 7.36. The van der Waals surface area contributed by atoms with Crippen molar-refractivity contribution in [2.75, 3.05) is 0 Å². The van der Waals surface area contributed by atoms with E-state index in [1.165, 1.54) is 27.5 Å². The highest BCUT2D eigenvalue weighted by molar-refractivity contribution is 6.09. The van der Waals surface area contributed by atoms with Crippen LogP contribution in [0.15, 0.2) is 109 Å². The normalized spacial score (nSPS) is 13.3. The zero-order valence-corrected chi connectivity index (χ0v) is 31.5. The molecule has 5 heteroatoms. The van der Waals surface area contributed by atoms with Crippen LogP contribution in [0.5, 0.6) is 11.5 Å². The van der Waals surface area contributed by atoms with Crippen LogP contribution in [0.3, 0.4) is 0 Å². The SMILES string of the molecule is Cc1nn(-c2cccc(Oc3ccc4c5cc(C(C)C(C)C(C)(C)C)ccc5n(-c5cc(CC(C)C)ccn5)c4c3)c2)c(C)c1-c1ccccc1. The molecule has 0 N–H and O–H groups in total. The number of aromatic nitrogens is 4. The monoisotopic (exact) mass is 674 g/mol. The van der Waals surface area contributed by atoms with Gasteiger partial charge in [-0.25, -0.2) is 9.67 Å². The van der Waals surface area contributed by atoms with Gasteiger partial charge in [0.15, 0.2) is 0 Å². The second-order valence-electron chi connectivity index (χ2n) is 15.8. The van der Waals surface area contributed by atoms with E-state index < -0.39 is 0 Å². The van der Waals surface area contributed by atoms with Gasteiger partial charge in [-0.15, -0.1) is 0 Å². The fraction of sp³-hybridized carbons (Fsp3) is 0.304. The maximum absolute atomic E-state index is 6.63. The quantitative estimate of drug-likeness (QED) is 0.153. The standard InChI is InChI=1S/C46H50N4O/c1-29(2)24-34-22-23-47-44(25-34)49-42-21-18-36(30(3)31(4)46(7,8)9)26-41(42)40-20-19-39(28-43(40)49)51-38-17-13-16-37(27-38)50-33(6)45(32(5)48-50)35-14-11-10-12-15-35/h10-23,25-31H,24H2,1-9H3. The minimum atomic E-state index is 0.214. The number of aryl methyl sites for hydroxylation is 1. The molecule has 0 aliphatic carbocycles. The lowest BCUT2D eigenvalue weighted by molar-refractivity contribution is 0.228. The summed E-state index contributed by atoms with van der Waals surface area (Å²) in [5.74, 6) is 3.95. The van der Waals surface area contributed by atoms with E-state index in [-0.39, 0.29) is 5.41 Å². The molecule has 0 saturated carbocycles. The molecule has 0 spiro atoms. The molecule has 3 aromatic heterocycles. The first-order chi connectivity index (χ1) is 24.4. The van der Waals surface area contributed by atoms with Crippen molar-refractivity contribution in [3.05, 3.63) is 132 Å². The summed E-state index contributed by atoms with van der Waals surface area (Å²) < 4.78 is 10.9. The number of pyridine rings is 1. The lowest BCUT2D eigenvalue weighted by Crippen LogP contribution is -2.22. The van der Waals surface area contributed by atoms with Gasteiger partial charge in [0.05, 0.1) is 22.4 Å². The van der Waals surface area contributed by atoms with Crippen molar-refractivity contribution in [1.29, 1.82) is 0 Å². The molecular weight excluding hydrogens is 625 g/mol. The topological polar surface area (TPSA) is 44.9 Å². The fourth-order valence-electron chi connectivity index (χ4n) is 7.56. The number of rotatable bonds is 9. The van der Waals surface area contributed by atoms with E-state index in [9.17, 15) is 0 Å². The molecule has 2 atom stereocenters. The first-order valence-electron chi connectivity index (χ1n) is 18.3. The van der Waals surface area contributed by atoms with Crippen molar-refractivity contribution in [2.24, 2.45) is 17.3 Å². The van der Waals surface area contributed by atoms with E-state index in [4.69, 9.17) is 14.8 Å². The molecule has 4 aromatic carbocycles. The average Bonchev–Trinajstić information content (AvgIpc) is 3.59. The van der Waals surface area contributed by atoms with Gasteiger partial charge in [-0.05, 0) is 109 Å². The molecule has 0 amide bonds. The molecule has 0 fully saturated rings. The summed E-state index contributed by atoms with van der Waals surface area (Å²) in [6.07, 6.45) is 2.95. The molecule has 260 valence electrons. The Morgan fingerprint density at radius 2 is 1.49 bits per heavy atom. The minimum absolute atomic E-state index is 0.214. The number of ether oxygens (including phenoxy) is 1. The van der Waals surface area contributed by atoms with Gasteiger partial charge in [-0.1, -0.05) is 90.9 Å². The maximum Gasteiger partial charge on any atom is 0.137 e. The fourth-order valence-corrected chi connectivity index (χ4v) is 7.56. The third-order valence-corrected chi connectivity index (χ3v) is 10.7. The van der Waals surface area contributed by atoms with Crippen molar-refractivity contribution in [2.45, 2.75) is 74.7 Å². The predicted octanol–water partition coefficient (Wildman–Crippen LogP) is 12.4. The second kappa shape index (κ2) is 13.5. The van der Waals surface area contributed by atoms with Crippen LogP contribution in [0.1, 0.15) is 76.9 Å². The highest BCUT2D eigenvalue weighted by Gasteiger charge is 2.27. The summed E-state index contributed by atoms with van der Waals surface area (Å²) in [6.45, 7) is 20.5. The summed E-state index contributed by atoms with van der Waals surface area (Å²) in [4.78, 5) is 4.92. The van der Waals surface area contributed by atoms with Gasteiger partial charge < -0.3 is 4.74 Å². The summed E-state index contributed by atoms with van der Waals surface area (Å²) >= 11 is 0. The van der Waals surface area contributed by atoms with Crippen LogP contribution in [-0.4, -0.2) is 19.3 Å². The lowest BCUT2D eigenvalue weighted by Gasteiger charge is -2.32. The van der Waals surface area contributed by atoms with Gasteiger partial charge in [0, 0.05) is 40.4 Å². The molecule has 7 aromatic rings. The van der Waals surface area contributed by atoms with Crippen LogP contribution in [0.4, 0.5) is 0 Å². The molecule has 0 radical (unpaired) electrons. The van der Waals surface area contributed by atoms with Crippen molar-refractivity contribution in [3.63, 3.8) is 0 Å². The first kappa shape index (κ1) is 34.3. The van der Waals surface area contributed by atoms with Gasteiger partial charge in [0.1, 0.15) is 17.3 Å². The van der Waals surface area contributed by atoms with Gasteiger partial charge in [0.2, 0.25) is 0 Å². The highest BCUT2D eigenvalue weighted by Crippen LogP contribution is 2.41. The molecular formula is C46H50N4O. The number of fused-ring (bicyclic) bond motifs is 3. The Bertz CT molecular complexity index is 2340. The molecule has 7 rings (SSSR count). The van der Waals surface area contributed by atoms with Gasteiger partial charge in [0.25, 0.3) is 0 Å². The van der Waals surface area contributed by atoms with E-state index in [1.54, 1.807) is 0 Å². The van der Waals surface area contributed by atoms with Crippen molar-refractivity contribution < 1.29 is 4.74 Å². The Balaban J connectivity index is 1.31. The average molecular weight is 675 g/mol. The van der Waals surface area contributed by atoms with Crippen molar-refractivity contribution in [3.8, 4) is 34.1 Å². The molecule has 5 nitrogen and oxygen atoms in total. The van der Waals surface area contributed by atoms with Gasteiger partial charge in [-0.3, -0.25) is 4.57 Å². The first-order valence-corrected chi connectivity index (χ1v) is 18.3. The molecule has 0 bridgehead atoms. The third kappa shape index (κ3) is 6.70. The Morgan fingerprint density at radius 3 is 2.24 bits per heavy atom. The van der Waals surface area contributed by atoms with Crippen LogP contribution >= 0.6 is 0 Å². The van der Waals surface area contributed by atoms with E-state index in [2.05, 4.69) is 152 Å². The Morgan fingerprint density at radius 1 is 0.725 bits per heavy atom. The van der Waals surface area contributed by atoms with Crippen molar-refractivity contribution >= 4 is 21.8 Å². The van der Waals surface area contributed by atoms with E-state index >= 15 is 0 Å². The number of hydrogen-bond donors (Lipinski definition) is 0. The minimum Gasteiger partial charge on any atom is -0.457 e. The van der Waals surface area contributed by atoms with E-state index in [0.29, 0.717) is 17.8 Å². The smallest absolute Gasteiger partial charge is 0.137 e. The Kier molecular flexibility index (Phi) is 9.09. The van der Waals surface area contributed by atoms with Crippen LogP contribution in [0, 0.1) is 31.1 Å². The number of hydrogen-bond acceptors (Lipinski definition) is 3. The molecule has 0 saturated heterocycles. The molecule has 2 unspecified atom stereocenters. The molecule has 0 aliphatic rings. The largest absolute Gasteiger partial charge is 0.457 e. The highest BCUT2D eigenvalue weighted by atomic mass is 16.5. The zero-order valence-electron chi connectivity index (χ0n) is 31.5. The number of nitrogens with zero attached hydrogens (tertiary/aromatic N) is 4. The van der Waals surface area contributed by atoms with Gasteiger partial charge >= 0.3 is 0 Å². The van der Waals surface area contributed by atoms with Gasteiger partial charge in [-0.2, -0.15) is 5.10 Å². The van der Waals surface area contributed by atoms with Crippen LogP contribution in [-0.2, 0) is 6.42 Å². The van der Waals surface area contributed by atoms with Crippen molar-refractivity contribution in [1.82, 2.24) is 19.3 Å². The summed E-state index contributed by atoms with van der Waals surface area (Å²) in [6, 6.07) is 36.5. The number of benzene rings is 4. The second-order valence-corrected chi connectivity index (χ2v) is 15.8. The summed E-state index contributed by atoms with van der Waals surface area (Å²) in [5.41, 5.74) is 10.5.